The van der Waals surface area contributed by atoms with Crippen LogP contribution < -0.4 is 10.1 Å². The lowest BCUT2D eigenvalue weighted by molar-refractivity contribution is 0.0529. The first-order chi connectivity index (χ1) is 13.0. The second-order valence-corrected chi connectivity index (χ2v) is 8.99. The lowest BCUT2D eigenvalue weighted by Crippen LogP contribution is -2.30. The Morgan fingerprint density at radius 2 is 1.57 bits per heavy atom. The Hall–Kier alpha value is -2.87. The van der Waals surface area contributed by atoms with E-state index in [4.69, 9.17) is 4.74 Å². The zero-order chi connectivity index (χ0) is 20.9. The van der Waals surface area contributed by atoms with Crippen molar-refractivity contribution in [3.05, 3.63) is 59.7 Å². The number of nitrogens with one attached hydrogen (secondary N) is 2. The van der Waals surface area contributed by atoms with E-state index in [1.165, 1.54) is 0 Å². The molecule has 1 amide bonds. The second-order valence-electron chi connectivity index (χ2n) is 7.31. The molecule has 8 heteroatoms. The van der Waals surface area contributed by atoms with Gasteiger partial charge in [-0.3, -0.25) is 4.72 Å². The van der Waals surface area contributed by atoms with E-state index in [1.54, 1.807) is 76.2 Å². The highest BCUT2D eigenvalue weighted by molar-refractivity contribution is 7.92. The Bertz CT molecular complexity index is 958. The fourth-order valence-electron chi connectivity index (χ4n) is 2.21. The van der Waals surface area contributed by atoms with Crippen LogP contribution in [-0.4, -0.2) is 25.8 Å². The van der Waals surface area contributed by atoms with Crippen LogP contribution in [0.3, 0.4) is 0 Å². The molecule has 0 saturated heterocycles. The van der Waals surface area contributed by atoms with Crippen LogP contribution in [0.4, 0.5) is 10.5 Å². The minimum Gasteiger partial charge on any atom is -0.443 e. The van der Waals surface area contributed by atoms with Gasteiger partial charge in [0.15, 0.2) is 0 Å². The summed E-state index contributed by atoms with van der Waals surface area (Å²) in [6.45, 7) is 8.91. The maximum absolute atomic E-state index is 12.4. The van der Waals surface area contributed by atoms with Crippen LogP contribution in [0.15, 0.2) is 58.5 Å². The van der Waals surface area contributed by atoms with E-state index in [2.05, 4.69) is 15.2 Å². The second kappa shape index (κ2) is 8.43. The molecule has 7 nitrogen and oxygen atoms in total. The number of hydrazone groups is 1. The largest absolute Gasteiger partial charge is 0.443 e. The van der Waals surface area contributed by atoms with Crippen molar-refractivity contribution in [3.8, 4) is 0 Å². The van der Waals surface area contributed by atoms with Crippen molar-refractivity contribution in [2.75, 3.05) is 4.72 Å². The molecule has 0 spiro atoms. The highest BCUT2D eigenvalue weighted by atomic mass is 32.2. The van der Waals surface area contributed by atoms with E-state index in [0.717, 1.165) is 11.1 Å². The Labute approximate surface area is 165 Å². The molecule has 2 rings (SSSR count). The van der Waals surface area contributed by atoms with Crippen LogP contribution in [0.2, 0.25) is 0 Å². The average molecular weight is 404 g/mol. The Kier molecular flexibility index (Phi) is 6.45. The lowest BCUT2D eigenvalue weighted by atomic mass is 10.1. The molecule has 0 fully saturated rings. The fraction of sp³-hybridized carbons (Fsp3) is 0.300. The molecule has 0 bridgehead atoms. The zero-order valence-corrected chi connectivity index (χ0v) is 17.4. The van der Waals surface area contributed by atoms with Crippen molar-refractivity contribution in [2.45, 2.75) is 45.1 Å². The standard InChI is InChI=1S/C20H25N3O4S/c1-14-6-12-18(13-7-14)28(25,26)23-17-10-8-16(9-11-17)15(2)21-22-19(24)27-20(3,4)5/h6-13,23H,1-5H3,(H,22,24)/b21-15+. The molecule has 150 valence electrons. The highest BCUT2D eigenvalue weighted by Gasteiger charge is 2.16. The number of carbonyl (C=O) groups is 1. The van der Waals surface area contributed by atoms with Crippen LogP contribution in [0, 0.1) is 6.92 Å². The summed E-state index contributed by atoms with van der Waals surface area (Å²) < 4.78 is 32.5. The van der Waals surface area contributed by atoms with Gasteiger partial charge in [-0.1, -0.05) is 29.8 Å². The molecule has 0 aliphatic rings. The first-order valence-corrected chi connectivity index (χ1v) is 10.2. The van der Waals surface area contributed by atoms with Gasteiger partial charge >= 0.3 is 6.09 Å². The third-order valence-electron chi connectivity index (χ3n) is 3.60. The number of benzene rings is 2. The first kappa shape index (κ1) is 21.4. The summed E-state index contributed by atoms with van der Waals surface area (Å²) in [7, 11) is -3.66. The SMILES string of the molecule is C/C(=N\NC(=O)OC(C)(C)C)c1ccc(NS(=O)(=O)c2ccc(C)cc2)cc1. The smallest absolute Gasteiger partial charge is 0.428 e. The number of amides is 1. The summed E-state index contributed by atoms with van der Waals surface area (Å²) in [6, 6.07) is 13.3. The number of nitrogens with zero attached hydrogens (tertiary/aromatic N) is 1. The summed E-state index contributed by atoms with van der Waals surface area (Å²) >= 11 is 0. The number of hydrogen-bond acceptors (Lipinski definition) is 5. The molecule has 0 unspecified atom stereocenters. The van der Waals surface area contributed by atoms with Gasteiger partial charge < -0.3 is 4.74 Å². The van der Waals surface area contributed by atoms with Gasteiger partial charge in [0.25, 0.3) is 10.0 Å². The Balaban J connectivity index is 2.05. The maximum Gasteiger partial charge on any atom is 0.428 e. The number of sulfonamides is 1. The quantitative estimate of drug-likeness (QED) is 0.581. The molecule has 0 aliphatic heterocycles. The molecule has 2 N–H and O–H groups in total. The van der Waals surface area contributed by atoms with Crippen molar-refractivity contribution in [1.29, 1.82) is 0 Å². The fourth-order valence-corrected chi connectivity index (χ4v) is 3.26. The predicted octanol–water partition coefficient (Wildman–Crippen LogP) is 4.04. The predicted molar refractivity (Wildman–Crippen MR) is 110 cm³/mol. The number of ether oxygens (including phenoxy) is 1. The molecule has 2 aromatic carbocycles. The van der Waals surface area contributed by atoms with E-state index in [-0.39, 0.29) is 4.90 Å². The van der Waals surface area contributed by atoms with Crippen LogP contribution in [0.1, 0.15) is 38.8 Å². The van der Waals surface area contributed by atoms with Crippen molar-refractivity contribution < 1.29 is 17.9 Å². The number of anilines is 1. The molecule has 0 atom stereocenters. The first-order valence-electron chi connectivity index (χ1n) is 8.69. The topological polar surface area (TPSA) is 96.9 Å². The lowest BCUT2D eigenvalue weighted by Gasteiger charge is -2.18. The molecule has 0 radical (unpaired) electrons. The van der Waals surface area contributed by atoms with Gasteiger partial charge in [-0.2, -0.15) is 5.10 Å². The maximum atomic E-state index is 12.4. The van der Waals surface area contributed by atoms with Crippen LogP contribution in [-0.2, 0) is 14.8 Å². The van der Waals surface area contributed by atoms with Gasteiger partial charge in [0.1, 0.15) is 5.60 Å². The van der Waals surface area contributed by atoms with Crippen molar-refractivity contribution in [2.24, 2.45) is 5.10 Å². The van der Waals surface area contributed by atoms with Crippen LogP contribution in [0.5, 0.6) is 0 Å². The van der Waals surface area contributed by atoms with Crippen molar-refractivity contribution in [1.82, 2.24) is 5.43 Å². The van der Waals surface area contributed by atoms with E-state index < -0.39 is 21.7 Å². The monoisotopic (exact) mass is 403 g/mol. The van der Waals surface area contributed by atoms with Gasteiger partial charge in [0.05, 0.1) is 10.6 Å². The Morgan fingerprint density at radius 1 is 1.00 bits per heavy atom. The minimum absolute atomic E-state index is 0.196. The van der Waals surface area contributed by atoms with E-state index in [0.29, 0.717) is 11.4 Å². The summed E-state index contributed by atoms with van der Waals surface area (Å²) in [4.78, 5) is 11.8. The molecule has 28 heavy (non-hydrogen) atoms. The Morgan fingerprint density at radius 3 is 2.11 bits per heavy atom. The van der Waals surface area contributed by atoms with E-state index >= 15 is 0 Å². The molecular weight excluding hydrogens is 378 g/mol. The highest BCUT2D eigenvalue weighted by Crippen LogP contribution is 2.17. The molecule has 0 aliphatic carbocycles. The summed E-state index contributed by atoms with van der Waals surface area (Å²) in [5, 5.41) is 3.99. The van der Waals surface area contributed by atoms with Gasteiger partial charge in [-0.25, -0.2) is 18.6 Å². The minimum atomic E-state index is -3.66. The average Bonchev–Trinajstić information content (AvgIpc) is 2.59. The summed E-state index contributed by atoms with van der Waals surface area (Å²) in [5.41, 5.74) is 4.42. The van der Waals surface area contributed by atoms with Gasteiger partial charge in [-0.05, 0) is 64.4 Å². The molecule has 0 aromatic heterocycles. The van der Waals surface area contributed by atoms with Gasteiger partial charge in [0, 0.05) is 5.69 Å². The molecule has 0 heterocycles. The molecular formula is C20H25N3O4S. The third kappa shape index (κ3) is 6.38. The summed E-state index contributed by atoms with van der Waals surface area (Å²) in [5.74, 6) is 0. The number of aryl methyl sites for hydroxylation is 1. The van der Waals surface area contributed by atoms with E-state index in [9.17, 15) is 13.2 Å². The van der Waals surface area contributed by atoms with Gasteiger partial charge in [0.2, 0.25) is 0 Å². The van der Waals surface area contributed by atoms with Crippen LogP contribution in [0.25, 0.3) is 0 Å². The molecule has 0 saturated carbocycles. The number of hydrogen-bond donors (Lipinski definition) is 2. The van der Waals surface area contributed by atoms with Crippen molar-refractivity contribution in [3.63, 3.8) is 0 Å². The molecule has 2 aromatic rings. The van der Waals surface area contributed by atoms with Crippen LogP contribution >= 0.6 is 0 Å². The number of rotatable bonds is 5. The van der Waals surface area contributed by atoms with E-state index in [1.807, 2.05) is 6.92 Å². The summed E-state index contributed by atoms with van der Waals surface area (Å²) in [6.07, 6.45) is -0.644. The zero-order valence-electron chi connectivity index (χ0n) is 16.6. The third-order valence-corrected chi connectivity index (χ3v) is 5.00. The van der Waals surface area contributed by atoms with Crippen molar-refractivity contribution >= 4 is 27.5 Å². The van der Waals surface area contributed by atoms with Gasteiger partial charge in [-0.15, -0.1) is 0 Å². The number of carbonyl (C=O) groups excluding carboxylic acids is 1. The normalized spacial score (nSPS) is 12.4.